The Bertz CT molecular complexity index is 414. The smallest absolute Gasteiger partial charge is 0.337 e. The molecule has 0 radical (unpaired) electrons. The molecule has 1 aliphatic heterocycles. The van der Waals surface area contributed by atoms with Crippen LogP contribution in [0.5, 0.6) is 0 Å². The van der Waals surface area contributed by atoms with E-state index in [0.717, 1.165) is 18.8 Å². The van der Waals surface area contributed by atoms with Crippen molar-refractivity contribution >= 4 is 23.3 Å². The van der Waals surface area contributed by atoms with Crippen LogP contribution >= 0.6 is 11.6 Å². The molecule has 3 nitrogen and oxygen atoms in total. The highest BCUT2D eigenvalue weighted by Gasteiger charge is 2.16. The molecule has 0 bridgehead atoms. The van der Waals surface area contributed by atoms with Gasteiger partial charge in [-0.25, -0.2) is 4.79 Å². The van der Waals surface area contributed by atoms with Gasteiger partial charge in [0.1, 0.15) is 0 Å². The van der Waals surface area contributed by atoms with Crippen LogP contribution in [0.1, 0.15) is 29.6 Å². The fourth-order valence-electron chi connectivity index (χ4n) is 2.13. The van der Waals surface area contributed by atoms with Crippen molar-refractivity contribution < 1.29 is 9.53 Å². The first-order valence-electron chi connectivity index (χ1n) is 5.85. The maximum absolute atomic E-state index is 11.5. The van der Waals surface area contributed by atoms with Crippen LogP contribution in [0.2, 0.25) is 5.02 Å². The molecule has 0 N–H and O–H groups in total. The maximum atomic E-state index is 11.5. The molecule has 0 atom stereocenters. The summed E-state index contributed by atoms with van der Waals surface area (Å²) in [5.41, 5.74) is 1.49. The summed E-state index contributed by atoms with van der Waals surface area (Å²) < 4.78 is 4.72. The number of hydrogen-bond acceptors (Lipinski definition) is 3. The Kier molecular flexibility index (Phi) is 3.89. The molecule has 1 saturated heterocycles. The van der Waals surface area contributed by atoms with Gasteiger partial charge >= 0.3 is 5.97 Å². The summed E-state index contributed by atoms with van der Waals surface area (Å²) in [7, 11) is 1.39. The number of hydrogen-bond donors (Lipinski definition) is 0. The summed E-state index contributed by atoms with van der Waals surface area (Å²) in [5.74, 6) is -0.320. The molecular weight excluding hydrogens is 238 g/mol. The average molecular weight is 254 g/mol. The van der Waals surface area contributed by atoms with Crippen LogP contribution in [0.4, 0.5) is 5.69 Å². The van der Waals surface area contributed by atoms with Crippen LogP contribution in [-0.2, 0) is 4.74 Å². The van der Waals surface area contributed by atoms with Crippen LogP contribution in [-0.4, -0.2) is 26.2 Å². The van der Waals surface area contributed by atoms with Gasteiger partial charge in [-0.15, -0.1) is 0 Å². The van der Waals surface area contributed by atoms with Crippen LogP contribution in [0.15, 0.2) is 18.2 Å². The van der Waals surface area contributed by atoms with Crippen molar-refractivity contribution in [3.05, 3.63) is 28.8 Å². The molecule has 4 heteroatoms. The normalized spacial score (nSPS) is 15.8. The molecule has 2 rings (SSSR count). The van der Waals surface area contributed by atoms with Gasteiger partial charge in [-0.2, -0.15) is 0 Å². The quantitative estimate of drug-likeness (QED) is 0.759. The van der Waals surface area contributed by atoms with Gasteiger partial charge in [0.15, 0.2) is 0 Å². The minimum absolute atomic E-state index is 0.320. The second kappa shape index (κ2) is 5.41. The first-order chi connectivity index (χ1) is 8.22. The van der Waals surface area contributed by atoms with Crippen molar-refractivity contribution in [3.63, 3.8) is 0 Å². The van der Waals surface area contributed by atoms with Gasteiger partial charge in [0.05, 0.1) is 23.4 Å². The molecule has 0 spiro atoms. The van der Waals surface area contributed by atoms with Crippen molar-refractivity contribution in [3.8, 4) is 0 Å². The fraction of sp³-hybridized carbons (Fsp3) is 0.462. The second-order valence-electron chi connectivity index (χ2n) is 4.21. The van der Waals surface area contributed by atoms with Crippen molar-refractivity contribution in [1.29, 1.82) is 0 Å². The molecule has 0 unspecified atom stereocenters. The van der Waals surface area contributed by atoms with E-state index in [4.69, 9.17) is 16.3 Å². The molecule has 0 amide bonds. The number of piperidine rings is 1. The van der Waals surface area contributed by atoms with E-state index in [1.807, 2.05) is 6.07 Å². The third-order valence-electron chi connectivity index (χ3n) is 3.06. The zero-order chi connectivity index (χ0) is 12.3. The van der Waals surface area contributed by atoms with E-state index >= 15 is 0 Å². The van der Waals surface area contributed by atoms with Gasteiger partial charge in [0.2, 0.25) is 0 Å². The lowest BCUT2D eigenvalue weighted by Gasteiger charge is -2.29. The Morgan fingerprint density at radius 2 is 2.00 bits per heavy atom. The minimum Gasteiger partial charge on any atom is -0.465 e. The topological polar surface area (TPSA) is 29.5 Å². The number of carbonyl (C=O) groups is 1. The first kappa shape index (κ1) is 12.2. The molecule has 1 aromatic carbocycles. The number of ether oxygens (including phenoxy) is 1. The molecular formula is C13H16ClNO2. The third-order valence-corrected chi connectivity index (χ3v) is 3.38. The Morgan fingerprint density at radius 3 is 2.65 bits per heavy atom. The zero-order valence-corrected chi connectivity index (χ0v) is 10.7. The largest absolute Gasteiger partial charge is 0.465 e. The van der Waals surface area contributed by atoms with Crippen molar-refractivity contribution in [2.45, 2.75) is 19.3 Å². The summed E-state index contributed by atoms with van der Waals surface area (Å²) in [6, 6.07) is 5.28. The molecule has 1 aliphatic rings. The molecule has 0 saturated carbocycles. The highest BCUT2D eigenvalue weighted by molar-refractivity contribution is 6.33. The number of rotatable bonds is 2. The Labute approximate surface area is 106 Å². The standard InChI is InChI=1S/C13H16ClNO2/c1-17-13(16)10-5-6-11(14)12(9-10)15-7-3-2-4-8-15/h5-6,9H,2-4,7-8H2,1H3. The van der Waals surface area contributed by atoms with E-state index in [0.29, 0.717) is 10.6 Å². The van der Waals surface area contributed by atoms with E-state index in [1.165, 1.54) is 26.4 Å². The minimum atomic E-state index is -0.320. The average Bonchev–Trinajstić information content (AvgIpc) is 2.39. The van der Waals surface area contributed by atoms with E-state index in [-0.39, 0.29) is 5.97 Å². The Morgan fingerprint density at radius 1 is 1.29 bits per heavy atom. The number of anilines is 1. The van der Waals surface area contributed by atoms with E-state index in [1.54, 1.807) is 12.1 Å². The first-order valence-corrected chi connectivity index (χ1v) is 6.23. The summed E-state index contributed by atoms with van der Waals surface area (Å²) >= 11 is 6.18. The number of esters is 1. The highest BCUT2D eigenvalue weighted by Crippen LogP contribution is 2.29. The van der Waals surface area contributed by atoms with E-state index < -0.39 is 0 Å². The molecule has 0 aliphatic carbocycles. The summed E-state index contributed by atoms with van der Waals surface area (Å²) in [6.07, 6.45) is 3.63. The zero-order valence-electron chi connectivity index (χ0n) is 9.91. The highest BCUT2D eigenvalue weighted by atomic mass is 35.5. The van der Waals surface area contributed by atoms with Crippen LogP contribution in [0.3, 0.4) is 0 Å². The molecule has 1 heterocycles. The summed E-state index contributed by atoms with van der Waals surface area (Å²) in [6.45, 7) is 2.01. The van der Waals surface area contributed by atoms with E-state index in [2.05, 4.69) is 4.90 Å². The van der Waals surface area contributed by atoms with Gasteiger partial charge in [-0.1, -0.05) is 11.6 Å². The molecule has 1 fully saturated rings. The number of carbonyl (C=O) groups excluding carboxylic acids is 1. The van der Waals surface area contributed by atoms with E-state index in [9.17, 15) is 4.79 Å². The SMILES string of the molecule is COC(=O)c1ccc(Cl)c(N2CCCCC2)c1. The lowest BCUT2D eigenvalue weighted by Crippen LogP contribution is -2.29. The Balaban J connectivity index is 2.28. The van der Waals surface area contributed by atoms with Crippen molar-refractivity contribution in [1.82, 2.24) is 0 Å². The molecule has 1 aromatic rings. The molecule has 0 aromatic heterocycles. The van der Waals surface area contributed by atoms with Gasteiger partial charge in [-0.05, 0) is 37.5 Å². The molecule has 92 valence electrons. The van der Waals surface area contributed by atoms with Gasteiger partial charge in [-0.3, -0.25) is 0 Å². The van der Waals surface area contributed by atoms with Crippen LogP contribution in [0.25, 0.3) is 0 Å². The lowest BCUT2D eigenvalue weighted by molar-refractivity contribution is 0.0601. The Hall–Kier alpha value is -1.22. The van der Waals surface area contributed by atoms with Crippen molar-refractivity contribution in [2.75, 3.05) is 25.1 Å². The second-order valence-corrected chi connectivity index (χ2v) is 4.61. The number of methoxy groups -OCH3 is 1. The van der Waals surface area contributed by atoms with Gasteiger partial charge in [0, 0.05) is 13.1 Å². The number of benzene rings is 1. The van der Waals surface area contributed by atoms with Crippen LogP contribution in [0, 0.1) is 0 Å². The van der Waals surface area contributed by atoms with Gasteiger partial charge < -0.3 is 9.64 Å². The number of halogens is 1. The predicted molar refractivity (Wildman–Crippen MR) is 68.9 cm³/mol. The number of nitrogens with zero attached hydrogens (tertiary/aromatic N) is 1. The monoisotopic (exact) mass is 253 g/mol. The maximum Gasteiger partial charge on any atom is 0.337 e. The summed E-state index contributed by atoms with van der Waals surface area (Å²) in [4.78, 5) is 13.7. The van der Waals surface area contributed by atoms with Crippen LogP contribution < -0.4 is 4.90 Å². The van der Waals surface area contributed by atoms with Gasteiger partial charge in [0.25, 0.3) is 0 Å². The third kappa shape index (κ3) is 2.72. The van der Waals surface area contributed by atoms with Crippen molar-refractivity contribution in [2.24, 2.45) is 0 Å². The summed E-state index contributed by atoms with van der Waals surface area (Å²) in [5, 5.41) is 0.694. The predicted octanol–water partition coefficient (Wildman–Crippen LogP) is 3.12. The lowest BCUT2D eigenvalue weighted by atomic mass is 10.1. The fourth-order valence-corrected chi connectivity index (χ4v) is 2.37. The molecule has 17 heavy (non-hydrogen) atoms.